The van der Waals surface area contributed by atoms with Crippen molar-refractivity contribution < 1.29 is 4.74 Å². The van der Waals surface area contributed by atoms with Gasteiger partial charge in [0, 0.05) is 31.4 Å². The molecule has 0 radical (unpaired) electrons. The molecule has 0 amide bonds. The average molecular weight is 283 g/mol. The number of aromatic nitrogens is 1. The minimum atomic E-state index is -0.0993. The van der Waals surface area contributed by atoms with Crippen molar-refractivity contribution in [3.05, 3.63) is 16.1 Å². The number of morpholine rings is 1. The first-order chi connectivity index (χ1) is 8.80. The van der Waals surface area contributed by atoms with Crippen LogP contribution in [0.2, 0.25) is 0 Å². The Bertz CT molecular complexity index is 412. The van der Waals surface area contributed by atoms with Gasteiger partial charge in [-0.25, -0.2) is 4.98 Å². The summed E-state index contributed by atoms with van der Waals surface area (Å²) in [6, 6.07) is 0. The maximum Gasteiger partial charge on any atom is 0.0941 e. The standard InChI is InChI=1S/C14H25N3OS/c1-13(2)9-17(10-14(3,4)18-13)7-11-8-19-12(16-11)5-6-15/h8H,5-7,9-10,15H2,1-4H3. The van der Waals surface area contributed by atoms with Gasteiger partial charge in [0.05, 0.1) is 21.9 Å². The Morgan fingerprint density at radius 3 is 2.53 bits per heavy atom. The van der Waals surface area contributed by atoms with Crippen LogP contribution in [0.3, 0.4) is 0 Å². The van der Waals surface area contributed by atoms with Crippen LogP contribution in [0.5, 0.6) is 0 Å². The van der Waals surface area contributed by atoms with Crippen LogP contribution in [0, 0.1) is 0 Å². The topological polar surface area (TPSA) is 51.4 Å². The average Bonchev–Trinajstić information content (AvgIpc) is 2.60. The molecule has 19 heavy (non-hydrogen) atoms. The molecule has 5 heteroatoms. The third-order valence-corrected chi connectivity index (χ3v) is 4.06. The van der Waals surface area contributed by atoms with Crippen molar-refractivity contribution in [1.82, 2.24) is 9.88 Å². The van der Waals surface area contributed by atoms with Crippen LogP contribution in [0.15, 0.2) is 5.38 Å². The summed E-state index contributed by atoms with van der Waals surface area (Å²) in [6.07, 6.45) is 0.880. The Morgan fingerprint density at radius 1 is 1.32 bits per heavy atom. The maximum atomic E-state index is 6.10. The highest BCUT2D eigenvalue weighted by Crippen LogP contribution is 2.29. The molecule has 4 nitrogen and oxygen atoms in total. The van der Waals surface area contributed by atoms with Crippen molar-refractivity contribution in [2.75, 3.05) is 19.6 Å². The zero-order chi connectivity index (χ0) is 14.1. The molecule has 1 saturated heterocycles. The number of nitrogens with zero attached hydrogens (tertiary/aromatic N) is 2. The first-order valence-electron chi connectivity index (χ1n) is 6.86. The first-order valence-corrected chi connectivity index (χ1v) is 7.73. The lowest BCUT2D eigenvalue weighted by Crippen LogP contribution is -2.56. The molecule has 1 aliphatic rings. The van der Waals surface area contributed by atoms with E-state index in [2.05, 4.69) is 43.0 Å². The Morgan fingerprint density at radius 2 is 1.95 bits per heavy atom. The number of nitrogens with two attached hydrogens (primary N) is 1. The van der Waals surface area contributed by atoms with Gasteiger partial charge in [0.15, 0.2) is 0 Å². The lowest BCUT2D eigenvalue weighted by atomic mass is 9.99. The number of ether oxygens (including phenoxy) is 1. The van der Waals surface area contributed by atoms with Crippen molar-refractivity contribution in [2.45, 2.75) is 51.9 Å². The molecule has 1 aromatic heterocycles. The Balaban J connectivity index is 2.01. The molecule has 1 aliphatic heterocycles. The third kappa shape index (κ3) is 4.24. The summed E-state index contributed by atoms with van der Waals surface area (Å²) in [7, 11) is 0. The van der Waals surface area contributed by atoms with Crippen LogP contribution >= 0.6 is 11.3 Å². The summed E-state index contributed by atoms with van der Waals surface area (Å²) in [5, 5.41) is 3.30. The maximum absolute atomic E-state index is 6.10. The number of hydrogen-bond acceptors (Lipinski definition) is 5. The van der Waals surface area contributed by atoms with Crippen molar-refractivity contribution in [2.24, 2.45) is 5.73 Å². The van der Waals surface area contributed by atoms with E-state index in [4.69, 9.17) is 10.5 Å². The van der Waals surface area contributed by atoms with E-state index in [1.165, 1.54) is 0 Å². The van der Waals surface area contributed by atoms with E-state index in [1.54, 1.807) is 11.3 Å². The number of rotatable bonds is 4. The highest BCUT2D eigenvalue weighted by atomic mass is 32.1. The van der Waals surface area contributed by atoms with Gasteiger partial charge in [0.2, 0.25) is 0 Å². The minimum Gasteiger partial charge on any atom is -0.367 e. The zero-order valence-electron chi connectivity index (χ0n) is 12.4. The van der Waals surface area contributed by atoms with Gasteiger partial charge >= 0.3 is 0 Å². The SMILES string of the molecule is CC1(C)CN(Cc2csc(CCN)n2)CC(C)(C)O1. The molecule has 0 bridgehead atoms. The molecule has 2 rings (SSSR count). The largest absolute Gasteiger partial charge is 0.367 e. The monoisotopic (exact) mass is 283 g/mol. The molecule has 108 valence electrons. The molecule has 0 spiro atoms. The van der Waals surface area contributed by atoms with E-state index in [1.807, 2.05) is 0 Å². The van der Waals surface area contributed by atoms with Gasteiger partial charge in [-0.1, -0.05) is 0 Å². The van der Waals surface area contributed by atoms with E-state index in [-0.39, 0.29) is 11.2 Å². The Kier molecular flexibility index (Phi) is 4.30. The fourth-order valence-corrected chi connectivity index (χ4v) is 3.75. The van der Waals surface area contributed by atoms with Gasteiger partial charge in [-0.3, -0.25) is 4.90 Å². The fourth-order valence-electron chi connectivity index (χ4n) is 2.95. The third-order valence-electron chi connectivity index (χ3n) is 3.10. The molecule has 2 heterocycles. The summed E-state index contributed by atoms with van der Waals surface area (Å²) >= 11 is 1.71. The Labute approximate surface area is 120 Å². The van der Waals surface area contributed by atoms with E-state index in [9.17, 15) is 0 Å². The summed E-state index contributed by atoms with van der Waals surface area (Å²) in [5.41, 5.74) is 6.52. The predicted octanol–water partition coefficient (Wildman–Crippen LogP) is 2.03. The quantitative estimate of drug-likeness (QED) is 0.918. The molecule has 1 aromatic rings. The summed E-state index contributed by atoms with van der Waals surface area (Å²) in [6.45, 7) is 12.1. The second-order valence-electron chi connectivity index (χ2n) is 6.54. The molecule has 0 unspecified atom stereocenters. The van der Waals surface area contributed by atoms with Gasteiger partial charge in [-0.2, -0.15) is 0 Å². The summed E-state index contributed by atoms with van der Waals surface area (Å²) in [5.74, 6) is 0. The van der Waals surface area contributed by atoms with Crippen molar-refractivity contribution in [3.8, 4) is 0 Å². The normalized spacial score (nSPS) is 22.6. The summed E-state index contributed by atoms with van der Waals surface area (Å²) < 4.78 is 6.10. The predicted molar refractivity (Wildman–Crippen MR) is 79.4 cm³/mol. The molecule has 0 saturated carbocycles. The minimum absolute atomic E-state index is 0.0993. The summed E-state index contributed by atoms with van der Waals surface area (Å²) in [4.78, 5) is 7.08. The lowest BCUT2D eigenvalue weighted by Gasteiger charge is -2.47. The van der Waals surface area contributed by atoms with Gasteiger partial charge in [0.25, 0.3) is 0 Å². The second kappa shape index (κ2) is 5.48. The highest BCUT2D eigenvalue weighted by molar-refractivity contribution is 7.09. The molecule has 2 N–H and O–H groups in total. The van der Waals surface area contributed by atoms with Gasteiger partial charge < -0.3 is 10.5 Å². The molecular formula is C14H25N3OS. The number of thiazole rings is 1. The van der Waals surface area contributed by atoms with Gasteiger partial charge in [-0.15, -0.1) is 11.3 Å². The molecule has 0 atom stereocenters. The van der Waals surface area contributed by atoms with Crippen LogP contribution in [0.4, 0.5) is 0 Å². The molecule has 1 fully saturated rings. The van der Waals surface area contributed by atoms with Crippen molar-refractivity contribution in [3.63, 3.8) is 0 Å². The van der Waals surface area contributed by atoms with Crippen LogP contribution in [-0.2, 0) is 17.7 Å². The molecule has 0 aliphatic carbocycles. The van der Waals surface area contributed by atoms with E-state index in [0.29, 0.717) is 6.54 Å². The fraction of sp³-hybridized carbons (Fsp3) is 0.786. The smallest absolute Gasteiger partial charge is 0.0941 e. The molecular weight excluding hydrogens is 258 g/mol. The highest BCUT2D eigenvalue weighted by Gasteiger charge is 2.38. The molecule has 0 aromatic carbocycles. The van der Waals surface area contributed by atoms with Crippen molar-refractivity contribution >= 4 is 11.3 Å². The first kappa shape index (κ1) is 14.9. The number of hydrogen-bond donors (Lipinski definition) is 1. The van der Waals surface area contributed by atoms with Crippen LogP contribution in [0.25, 0.3) is 0 Å². The van der Waals surface area contributed by atoms with Crippen LogP contribution in [-0.4, -0.2) is 40.7 Å². The van der Waals surface area contributed by atoms with Crippen LogP contribution < -0.4 is 5.73 Å². The van der Waals surface area contributed by atoms with E-state index in [0.717, 1.165) is 36.8 Å². The second-order valence-corrected chi connectivity index (χ2v) is 7.48. The zero-order valence-corrected chi connectivity index (χ0v) is 13.2. The van der Waals surface area contributed by atoms with Crippen LogP contribution in [0.1, 0.15) is 38.4 Å². The van der Waals surface area contributed by atoms with E-state index < -0.39 is 0 Å². The van der Waals surface area contributed by atoms with E-state index >= 15 is 0 Å². The lowest BCUT2D eigenvalue weighted by molar-refractivity contribution is -0.182. The van der Waals surface area contributed by atoms with Gasteiger partial charge in [0.1, 0.15) is 0 Å². The van der Waals surface area contributed by atoms with Crippen molar-refractivity contribution in [1.29, 1.82) is 0 Å². The van der Waals surface area contributed by atoms with Gasteiger partial charge in [-0.05, 0) is 34.2 Å². The Hall–Kier alpha value is -0.490.